The van der Waals surface area contributed by atoms with Crippen LogP contribution in [0.1, 0.15) is 16.7 Å². The maximum absolute atomic E-state index is 12.5. The molecule has 27 heavy (non-hydrogen) atoms. The maximum Gasteiger partial charge on any atom is 0.294 e. The van der Waals surface area contributed by atoms with Crippen molar-refractivity contribution in [1.82, 2.24) is 4.90 Å². The minimum Gasteiger partial charge on any atom is -0.324 e. The van der Waals surface area contributed by atoms with Crippen molar-refractivity contribution in [3.05, 3.63) is 69.1 Å². The van der Waals surface area contributed by atoms with Crippen LogP contribution < -0.4 is 5.32 Å². The van der Waals surface area contributed by atoms with E-state index in [-0.39, 0.29) is 11.4 Å². The van der Waals surface area contributed by atoms with Crippen LogP contribution in [0, 0.1) is 13.8 Å². The van der Waals surface area contributed by atoms with E-state index in [0.29, 0.717) is 10.7 Å². The number of amides is 3. The smallest absolute Gasteiger partial charge is 0.294 e. The number of aryl methyl sites for hydroxylation is 2. The van der Waals surface area contributed by atoms with Crippen molar-refractivity contribution in [2.75, 3.05) is 11.9 Å². The van der Waals surface area contributed by atoms with Crippen molar-refractivity contribution >= 4 is 52.2 Å². The van der Waals surface area contributed by atoms with Crippen molar-refractivity contribution in [2.24, 2.45) is 0 Å². The van der Waals surface area contributed by atoms with Crippen LogP contribution in [0.25, 0.3) is 6.08 Å². The van der Waals surface area contributed by atoms with Gasteiger partial charge in [0.05, 0.1) is 4.91 Å². The third-order valence-electron chi connectivity index (χ3n) is 4.00. The molecule has 7 heteroatoms. The first-order valence-corrected chi connectivity index (χ1v) is 9.41. The highest BCUT2D eigenvalue weighted by molar-refractivity contribution is 8.18. The normalized spacial score (nSPS) is 15.5. The van der Waals surface area contributed by atoms with E-state index in [2.05, 4.69) is 5.32 Å². The molecule has 3 amide bonds. The summed E-state index contributed by atoms with van der Waals surface area (Å²) < 4.78 is 0. The summed E-state index contributed by atoms with van der Waals surface area (Å²) in [6.45, 7) is 3.53. The average Bonchev–Trinajstić information content (AvgIpc) is 2.87. The quantitative estimate of drug-likeness (QED) is 0.759. The topological polar surface area (TPSA) is 66.5 Å². The Morgan fingerprint density at radius 3 is 2.52 bits per heavy atom. The Morgan fingerprint density at radius 1 is 1.15 bits per heavy atom. The predicted molar refractivity (Wildman–Crippen MR) is 109 cm³/mol. The molecule has 0 unspecified atom stereocenters. The Bertz CT molecular complexity index is 954. The first-order valence-electron chi connectivity index (χ1n) is 8.21. The fraction of sp³-hybridized carbons (Fsp3) is 0.150. The summed E-state index contributed by atoms with van der Waals surface area (Å²) >= 11 is 6.67. The zero-order valence-corrected chi connectivity index (χ0v) is 16.4. The Kier molecular flexibility index (Phi) is 5.68. The molecular formula is C20H17ClN2O3S. The molecular weight excluding hydrogens is 384 g/mol. The number of imide groups is 1. The summed E-state index contributed by atoms with van der Waals surface area (Å²) in [6.07, 6.45) is 1.61. The largest absolute Gasteiger partial charge is 0.324 e. The van der Waals surface area contributed by atoms with E-state index in [1.165, 1.54) is 0 Å². The number of hydrogen-bond donors (Lipinski definition) is 1. The second-order valence-electron chi connectivity index (χ2n) is 6.19. The van der Waals surface area contributed by atoms with Crippen molar-refractivity contribution in [3.63, 3.8) is 0 Å². The third-order valence-corrected chi connectivity index (χ3v) is 5.16. The molecule has 0 bridgehead atoms. The number of carbonyl (C=O) groups is 3. The lowest BCUT2D eigenvalue weighted by Gasteiger charge is -2.14. The van der Waals surface area contributed by atoms with Crippen LogP contribution in [-0.4, -0.2) is 28.5 Å². The number of carbonyl (C=O) groups excluding carboxylic acids is 3. The number of thioether (sulfide) groups is 1. The van der Waals surface area contributed by atoms with Gasteiger partial charge in [-0.25, -0.2) is 0 Å². The summed E-state index contributed by atoms with van der Waals surface area (Å²) in [5, 5.41) is 2.87. The lowest BCUT2D eigenvalue weighted by Crippen LogP contribution is -2.36. The van der Waals surface area contributed by atoms with E-state index >= 15 is 0 Å². The zero-order chi connectivity index (χ0) is 19.6. The predicted octanol–water partition coefficient (Wildman–Crippen LogP) is 4.63. The molecule has 1 aliphatic rings. The summed E-state index contributed by atoms with van der Waals surface area (Å²) in [6, 6.07) is 12.6. The van der Waals surface area contributed by atoms with Crippen LogP contribution in [0.3, 0.4) is 0 Å². The molecule has 5 nitrogen and oxygen atoms in total. The van der Waals surface area contributed by atoms with Gasteiger partial charge in [-0.3, -0.25) is 19.3 Å². The van der Waals surface area contributed by atoms with Crippen LogP contribution in [0.4, 0.5) is 10.5 Å². The van der Waals surface area contributed by atoms with Crippen LogP contribution in [0.2, 0.25) is 5.02 Å². The molecule has 0 atom stereocenters. The fourth-order valence-corrected chi connectivity index (χ4v) is 3.60. The van der Waals surface area contributed by atoms with Gasteiger partial charge in [0.15, 0.2) is 0 Å². The molecule has 0 spiro atoms. The average molecular weight is 401 g/mol. The molecule has 2 aromatic rings. The SMILES string of the molecule is Cc1ccc(NC(=O)CN2C(=O)S/C(=C/c3ccc(Cl)cc3)C2=O)c(C)c1. The standard InChI is InChI=1S/C20H17ClN2O3S/c1-12-3-8-16(13(2)9-12)22-18(24)11-23-19(25)17(27-20(23)26)10-14-4-6-15(21)7-5-14/h3-10H,11H2,1-2H3,(H,22,24)/b17-10+. The summed E-state index contributed by atoms with van der Waals surface area (Å²) in [5.41, 5.74) is 3.42. The van der Waals surface area contributed by atoms with E-state index < -0.39 is 17.1 Å². The second kappa shape index (κ2) is 7.98. The van der Waals surface area contributed by atoms with Gasteiger partial charge in [0.25, 0.3) is 11.1 Å². The maximum atomic E-state index is 12.5. The highest BCUT2D eigenvalue weighted by atomic mass is 35.5. The molecule has 2 aromatic carbocycles. The molecule has 3 rings (SSSR count). The van der Waals surface area contributed by atoms with Crippen LogP contribution >= 0.6 is 23.4 Å². The number of halogens is 1. The van der Waals surface area contributed by atoms with Crippen LogP contribution in [0.5, 0.6) is 0 Å². The van der Waals surface area contributed by atoms with Gasteiger partial charge in [0.1, 0.15) is 6.54 Å². The highest BCUT2D eigenvalue weighted by Crippen LogP contribution is 2.32. The first-order chi connectivity index (χ1) is 12.8. The lowest BCUT2D eigenvalue weighted by molar-refractivity contribution is -0.127. The Labute approximate surface area is 166 Å². The fourth-order valence-electron chi connectivity index (χ4n) is 2.63. The number of rotatable bonds is 4. The van der Waals surface area contributed by atoms with Crippen molar-refractivity contribution in [3.8, 4) is 0 Å². The van der Waals surface area contributed by atoms with Gasteiger partial charge < -0.3 is 5.32 Å². The third kappa shape index (κ3) is 4.59. The van der Waals surface area contributed by atoms with E-state index in [4.69, 9.17) is 11.6 Å². The number of nitrogens with one attached hydrogen (secondary N) is 1. The van der Waals surface area contributed by atoms with Gasteiger partial charge in [-0.1, -0.05) is 41.4 Å². The van der Waals surface area contributed by atoms with Gasteiger partial charge in [-0.2, -0.15) is 0 Å². The number of anilines is 1. The molecule has 1 aliphatic heterocycles. The van der Waals surface area contributed by atoms with Crippen LogP contribution in [0.15, 0.2) is 47.4 Å². The Morgan fingerprint density at radius 2 is 1.85 bits per heavy atom. The summed E-state index contributed by atoms with van der Waals surface area (Å²) in [7, 11) is 0. The van der Waals surface area contributed by atoms with Crippen molar-refractivity contribution in [2.45, 2.75) is 13.8 Å². The number of nitrogens with zero attached hydrogens (tertiary/aromatic N) is 1. The first kappa shape index (κ1) is 19.2. The number of benzene rings is 2. The van der Waals surface area contributed by atoms with Gasteiger partial charge >= 0.3 is 0 Å². The Balaban J connectivity index is 1.69. The molecule has 1 fully saturated rings. The number of hydrogen-bond acceptors (Lipinski definition) is 4. The van der Waals surface area contributed by atoms with E-state index in [9.17, 15) is 14.4 Å². The highest BCUT2D eigenvalue weighted by Gasteiger charge is 2.36. The molecule has 1 N–H and O–H groups in total. The molecule has 0 aliphatic carbocycles. The lowest BCUT2D eigenvalue weighted by atomic mass is 10.1. The van der Waals surface area contributed by atoms with Gasteiger partial charge in [-0.15, -0.1) is 0 Å². The summed E-state index contributed by atoms with van der Waals surface area (Å²) in [5.74, 6) is -0.896. The molecule has 0 radical (unpaired) electrons. The Hall–Kier alpha value is -2.57. The molecule has 138 valence electrons. The van der Waals surface area contributed by atoms with Gasteiger partial charge in [-0.05, 0) is 61.0 Å². The minimum absolute atomic E-state index is 0.279. The summed E-state index contributed by atoms with van der Waals surface area (Å²) in [4.78, 5) is 38.2. The second-order valence-corrected chi connectivity index (χ2v) is 7.62. The minimum atomic E-state index is -0.476. The van der Waals surface area contributed by atoms with Crippen molar-refractivity contribution < 1.29 is 14.4 Å². The molecule has 1 saturated heterocycles. The van der Waals surface area contributed by atoms with E-state index in [1.807, 2.05) is 26.0 Å². The van der Waals surface area contributed by atoms with Gasteiger partial charge in [0.2, 0.25) is 5.91 Å². The van der Waals surface area contributed by atoms with E-state index in [1.54, 1.807) is 36.4 Å². The zero-order valence-electron chi connectivity index (χ0n) is 14.8. The molecule has 1 heterocycles. The molecule has 0 aromatic heterocycles. The molecule has 0 saturated carbocycles. The van der Waals surface area contributed by atoms with Crippen LogP contribution in [-0.2, 0) is 9.59 Å². The van der Waals surface area contributed by atoms with E-state index in [0.717, 1.165) is 33.4 Å². The van der Waals surface area contributed by atoms with Gasteiger partial charge in [0, 0.05) is 10.7 Å². The monoisotopic (exact) mass is 400 g/mol. The van der Waals surface area contributed by atoms with Crippen molar-refractivity contribution in [1.29, 1.82) is 0 Å².